The molecule has 0 fully saturated rings. The molecule has 0 radical (unpaired) electrons. The molecule has 0 saturated carbocycles. The Bertz CT molecular complexity index is 544. The highest BCUT2D eigenvalue weighted by molar-refractivity contribution is 5.51. The van der Waals surface area contributed by atoms with Gasteiger partial charge in [-0.1, -0.05) is 81.5 Å². The van der Waals surface area contributed by atoms with Crippen LogP contribution in [0, 0.1) is 0 Å². The molecule has 0 aliphatic carbocycles. The minimum absolute atomic E-state index is 0.451. The molecular formula is C20H24. The largest absolute Gasteiger partial charge is 0.0767 e. The van der Waals surface area contributed by atoms with Gasteiger partial charge in [-0.15, -0.1) is 0 Å². The molecule has 2 aromatic rings. The summed E-state index contributed by atoms with van der Waals surface area (Å²) in [6, 6.07) is 17.8. The molecule has 0 aliphatic rings. The van der Waals surface area contributed by atoms with Gasteiger partial charge in [0.05, 0.1) is 0 Å². The summed E-state index contributed by atoms with van der Waals surface area (Å²) in [4.78, 5) is 0. The third kappa shape index (κ3) is 3.84. The van der Waals surface area contributed by atoms with Crippen molar-refractivity contribution < 1.29 is 0 Å². The second-order valence-electron chi connectivity index (χ2n) is 5.34. The summed E-state index contributed by atoms with van der Waals surface area (Å²) in [5.74, 6) is 0.451. The number of allylic oxidation sites excluding steroid dienone is 1. The quantitative estimate of drug-likeness (QED) is 0.656. The SMILES string of the molecule is CCc1ccc(C=CC(C)c2ccc(CC)cc2)cc1. The lowest BCUT2D eigenvalue weighted by Gasteiger charge is -2.07. The molecule has 0 nitrogen and oxygen atoms in total. The van der Waals surface area contributed by atoms with Crippen LogP contribution < -0.4 is 0 Å². The molecule has 2 aromatic carbocycles. The molecule has 0 heteroatoms. The summed E-state index contributed by atoms with van der Waals surface area (Å²) in [6.07, 6.45) is 6.71. The van der Waals surface area contributed by atoms with Crippen LogP contribution >= 0.6 is 0 Å². The zero-order valence-electron chi connectivity index (χ0n) is 12.8. The van der Waals surface area contributed by atoms with E-state index in [-0.39, 0.29) is 0 Å². The molecule has 0 bridgehead atoms. The lowest BCUT2D eigenvalue weighted by molar-refractivity contribution is 0.968. The number of hydrogen-bond acceptors (Lipinski definition) is 0. The van der Waals surface area contributed by atoms with Gasteiger partial charge in [0.2, 0.25) is 0 Å². The number of hydrogen-bond donors (Lipinski definition) is 0. The summed E-state index contributed by atoms with van der Waals surface area (Å²) in [7, 11) is 0. The summed E-state index contributed by atoms with van der Waals surface area (Å²) in [5.41, 5.74) is 5.45. The molecule has 0 aliphatic heterocycles. The van der Waals surface area contributed by atoms with Crippen LogP contribution in [0.3, 0.4) is 0 Å². The normalized spacial score (nSPS) is 12.8. The van der Waals surface area contributed by atoms with Crippen molar-refractivity contribution in [3.8, 4) is 0 Å². The Balaban J connectivity index is 2.04. The van der Waals surface area contributed by atoms with Crippen molar-refractivity contribution in [2.75, 3.05) is 0 Å². The topological polar surface area (TPSA) is 0 Å². The summed E-state index contributed by atoms with van der Waals surface area (Å²) in [6.45, 7) is 6.63. The Morgan fingerprint density at radius 2 is 1.30 bits per heavy atom. The monoisotopic (exact) mass is 264 g/mol. The summed E-state index contributed by atoms with van der Waals surface area (Å²) in [5, 5.41) is 0. The van der Waals surface area contributed by atoms with Crippen molar-refractivity contribution >= 4 is 6.08 Å². The molecule has 1 atom stereocenters. The van der Waals surface area contributed by atoms with Crippen molar-refractivity contribution in [3.05, 3.63) is 76.9 Å². The summed E-state index contributed by atoms with van der Waals surface area (Å²) >= 11 is 0. The first-order chi connectivity index (χ1) is 9.72. The predicted molar refractivity (Wildman–Crippen MR) is 89.1 cm³/mol. The molecule has 20 heavy (non-hydrogen) atoms. The number of rotatable bonds is 5. The summed E-state index contributed by atoms with van der Waals surface area (Å²) < 4.78 is 0. The average Bonchev–Trinajstić information content (AvgIpc) is 2.53. The van der Waals surface area contributed by atoms with Gasteiger partial charge in [-0.05, 0) is 41.0 Å². The zero-order valence-corrected chi connectivity index (χ0v) is 12.8. The van der Waals surface area contributed by atoms with E-state index in [0.717, 1.165) is 12.8 Å². The van der Waals surface area contributed by atoms with Crippen LogP contribution in [-0.4, -0.2) is 0 Å². The van der Waals surface area contributed by atoms with Crippen molar-refractivity contribution in [2.24, 2.45) is 0 Å². The zero-order chi connectivity index (χ0) is 14.4. The Morgan fingerprint density at radius 1 is 0.800 bits per heavy atom. The molecule has 0 N–H and O–H groups in total. The minimum Gasteiger partial charge on any atom is -0.0767 e. The van der Waals surface area contributed by atoms with Crippen molar-refractivity contribution in [1.29, 1.82) is 0 Å². The van der Waals surface area contributed by atoms with Crippen LogP contribution in [0.25, 0.3) is 6.08 Å². The third-order valence-corrected chi connectivity index (χ3v) is 3.88. The van der Waals surface area contributed by atoms with Crippen LogP contribution in [0.4, 0.5) is 0 Å². The molecule has 0 aromatic heterocycles. The van der Waals surface area contributed by atoms with Crippen molar-refractivity contribution in [1.82, 2.24) is 0 Å². The lowest BCUT2D eigenvalue weighted by Crippen LogP contribution is -1.90. The van der Waals surface area contributed by atoms with Crippen molar-refractivity contribution in [2.45, 2.75) is 39.5 Å². The van der Waals surface area contributed by atoms with Crippen LogP contribution in [0.1, 0.15) is 48.9 Å². The van der Waals surface area contributed by atoms with Gasteiger partial charge in [0.15, 0.2) is 0 Å². The first kappa shape index (κ1) is 14.6. The van der Waals surface area contributed by atoms with Gasteiger partial charge < -0.3 is 0 Å². The Hall–Kier alpha value is -1.82. The number of benzene rings is 2. The second-order valence-corrected chi connectivity index (χ2v) is 5.34. The second kappa shape index (κ2) is 7.09. The lowest BCUT2D eigenvalue weighted by atomic mass is 9.98. The maximum absolute atomic E-state index is 2.28. The van der Waals surface area contributed by atoms with Gasteiger partial charge in [-0.3, -0.25) is 0 Å². The van der Waals surface area contributed by atoms with E-state index in [2.05, 4.69) is 81.5 Å². The van der Waals surface area contributed by atoms with Gasteiger partial charge in [0.25, 0.3) is 0 Å². The van der Waals surface area contributed by atoms with Crippen LogP contribution in [0.15, 0.2) is 54.6 Å². The fourth-order valence-electron chi connectivity index (χ4n) is 2.29. The standard InChI is InChI=1S/C20H24/c1-4-17-8-10-19(11-9-17)7-6-16(3)20-14-12-18(5-2)13-15-20/h6-16H,4-5H2,1-3H3. The van der Waals surface area contributed by atoms with Gasteiger partial charge in [0.1, 0.15) is 0 Å². The van der Waals surface area contributed by atoms with E-state index in [1.807, 2.05) is 0 Å². The number of aryl methyl sites for hydroxylation is 2. The highest BCUT2D eigenvalue weighted by atomic mass is 14.1. The van der Waals surface area contributed by atoms with Crippen LogP contribution in [0.5, 0.6) is 0 Å². The van der Waals surface area contributed by atoms with Crippen LogP contribution in [0.2, 0.25) is 0 Å². The van der Waals surface area contributed by atoms with E-state index < -0.39 is 0 Å². The minimum atomic E-state index is 0.451. The maximum atomic E-state index is 2.28. The van der Waals surface area contributed by atoms with Gasteiger partial charge in [-0.25, -0.2) is 0 Å². The molecule has 1 unspecified atom stereocenters. The van der Waals surface area contributed by atoms with Gasteiger partial charge in [0, 0.05) is 0 Å². The highest BCUT2D eigenvalue weighted by Gasteiger charge is 2.01. The highest BCUT2D eigenvalue weighted by Crippen LogP contribution is 2.19. The van der Waals surface area contributed by atoms with Gasteiger partial charge in [-0.2, -0.15) is 0 Å². The molecular weight excluding hydrogens is 240 g/mol. The average molecular weight is 264 g/mol. The fourth-order valence-corrected chi connectivity index (χ4v) is 2.29. The van der Waals surface area contributed by atoms with E-state index in [0.29, 0.717) is 5.92 Å². The van der Waals surface area contributed by atoms with E-state index in [4.69, 9.17) is 0 Å². The fraction of sp³-hybridized carbons (Fsp3) is 0.300. The van der Waals surface area contributed by atoms with Crippen LogP contribution in [-0.2, 0) is 12.8 Å². The molecule has 0 spiro atoms. The molecule has 104 valence electrons. The first-order valence-electron chi connectivity index (χ1n) is 7.59. The smallest absolute Gasteiger partial charge is 0.000710 e. The Morgan fingerprint density at radius 3 is 1.80 bits per heavy atom. The predicted octanol–water partition coefficient (Wildman–Crippen LogP) is 5.63. The molecule has 2 rings (SSSR count). The molecule has 0 saturated heterocycles. The van der Waals surface area contributed by atoms with Gasteiger partial charge >= 0.3 is 0 Å². The molecule has 0 heterocycles. The van der Waals surface area contributed by atoms with E-state index in [9.17, 15) is 0 Å². The van der Waals surface area contributed by atoms with E-state index in [1.165, 1.54) is 22.3 Å². The van der Waals surface area contributed by atoms with E-state index in [1.54, 1.807) is 0 Å². The Labute approximate surface area is 123 Å². The third-order valence-electron chi connectivity index (χ3n) is 3.88. The van der Waals surface area contributed by atoms with Crippen molar-refractivity contribution in [3.63, 3.8) is 0 Å². The molecule has 0 amide bonds. The Kier molecular flexibility index (Phi) is 5.17. The maximum Gasteiger partial charge on any atom is -0.000710 e. The first-order valence-corrected chi connectivity index (χ1v) is 7.59. The van der Waals surface area contributed by atoms with E-state index >= 15 is 0 Å².